The standard InChI is InChI=1S/C14H23BrN2/c1-12(2)7-5-3-4-6-10-16-14-9-8-13(15)11-17-14/h8-9,11-12H,3-7,10H2,1-2H3,(H,16,17). The van der Waals surface area contributed by atoms with Gasteiger partial charge in [0.25, 0.3) is 0 Å². The molecule has 0 aliphatic heterocycles. The molecule has 0 radical (unpaired) electrons. The topological polar surface area (TPSA) is 24.9 Å². The number of halogens is 1. The minimum atomic E-state index is 0.847. The molecule has 0 unspecified atom stereocenters. The van der Waals surface area contributed by atoms with E-state index < -0.39 is 0 Å². The summed E-state index contributed by atoms with van der Waals surface area (Å²) in [7, 11) is 0. The summed E-state index contributed by atoms with van der Waals surface area (Å²) >= 11 is 3.38. The summed E-state index contributed by atoms with van der Waals surface area (Å²) in [5.41, 5.74) is 0. The van der Waals surface area contributed by atoms with Crippen LogP contribution in [0.4, 0.5) is 5.82 Å². The first-order valence-electron chi connectivity index (χ1n) is 6.54. The van der Waals surface area contributed by atoms with Crippen LogP contribution in [0.15, 0.2) is 22.8 Å². The summed E-state index contributed by atoms with van der Waals surface area (Å²) in [6, 6.07) is 4.01. The van der Waals surface area contributed by atoms with E-state index in [1.54, 1.807) is 0 Å². The van der Waals surface area contributed by atoms with E-state index in [-0.39, 0.29) is 0 Å². The second-order valence-corrected chi connectivity index (χ2v) is 5.80. The van der Waals surface area contributed by atoms with Crippen molar-refractivity contribution in [1.29, 1.82) is 0 Å². The van der Waals surface area contributed by atoms with E-state index in [1.165, 1.54) is 32.1 Å². The molecule has 0 saturated heterocycles. The SMILES string of the molecule is CC(C)CCCCCCNc1ccc(Br)cn1. The fraction of sp³-hybridized carbons (Fsp3) is 0.643. The lowest BCUT2D eigenvalue weighted by Crippen LogP contribution is -2.02. The lowest BCUT2D eigenvalue weighted by atomic mass is 10.0. The lowest BCUT2D eigenvalue weighted by Gasteiger charge is -2.06. The molecule has 1 rings (SSSR count). The van der Waals surface area contributed by atoms with Gasteiger partial charge in [0.1, 0.15) is 5.82 Å². The van der Waals surface area contributed by atoms with Gasteiger partial charge in [-0.15, -0.1) is 0 Å². The van der Waals surface area contributed by atoms with Crippen molar-refractivity contribution in [3.8, 4) is 0 Å². The number of nitrogens with one attached hydrogen (secondary N) is 1. The van der Waals surface area contributed by atoms with Gasteiger partial charge in [-0.3, -0.25) is 0 Å². The van der Waals surface area contributed by atoms with Gasteiger partial charge in [0.15, 0.2) is 0 Å². The Morgan fingerprint density at radius 1 is 1.18 bits per heavy atom. The van der Waals surface area contributed by atoms with E-state index in [4.69, 9.17) is 0 Å². The summed E-state index contributed by atoms with van der Waals surface area (Å²) < 4.78 is 1.02. The molecule has 1 aromatic rings. The van der Waals surface area contributed by atoms with Crippen LogP contribution in [0.2, 0.25) is 0 Å². The number of nitrogens with zero attached hydrogens (tertiary/aromatic N) is 1. The van der Waals surface area contributed by atoms with E-state index in [1.807, 2.05) is 18.3 Å². The maximum atomic E-state index is 4.28. The molecule has 0 spiro atoms. The monoisotopic (exact) mass is 298 g/mol. The highest BCUT2D eigenvalue weighted by molar-refractivity contribution is 9.10. The highest BCUT2D eigenvalue weighted by atomic mass is 79.9. The first-order valence-corrected chi connectivity index (χ1v) is 7.33. The van der Waals surface area contributed by atoms with Crippen molar-refractivity contribution in [2.75, 3.05) is 11.9 Å². The third-order valence-electron chi connectivity index (χ3n) is 2.74. The fourth-order valence-electron chi connectivity index (χ4n) is 1.73. The van der Waals surface area contributed by atoms with Gasteiger partial charge in [-0.25, -0.2) is 4.98 Å². The predicted octanol–water partition coefficient (Wildman–Crippen LogP) is 4.86. The minimum Gasteiger partial charge on any atom is -0.370 e. The fourth-order valence-corrected chi connectivity index (χ4v) is 1.96. The molecule has 0 amide bonds. The van der Waals surface area contributed by atoms with Crippen molar-refractivity contribution in [3.05, 3.63) is 22.8 Å². The third kappa shape index (κ3) is 7.37. The van der Waals surface area contributed by atoms with Gasteiger partial charge in [0.2, 0.25) is 0 Å². The van der Waals surface area contributed by atoms with Crippen LogP contribution in [0.3, 0.4) is 0 Å². The Morgan fingerprint density at radius 3 is 2.59 bits per heavy atom. The molecule has 96 valence electrons. The molecule has 1 aromatic heterocycles. The van der Waals surface area contributed by atoms with Gasteiger partial charge >= 0.3 is 0 Å². The average Bonchev–Trinajstić information content (AvgIpc) is 2.30. The molecule has 0 fully saturated rings. The van der Waals surface area contributed by atoms with E-state index in [0.29, 0.717) is 0 Å². The summed E-state index contributed by atoms with van der Waals surface area (Å²) in [5, 5.41) is 3.34. The summed E-state index contributed by atoms with van der Waals surface area (Å²) in [5.74, 6) is 1.82. The maximum absolute atomic E-state index is 4.28. The number of aromatic nitrogens is 1. The van der Waals surface area contributed by atoms with Crippen LogP contribution in [-0.2, 0) is 0 Å². The Hall–Kier alpha value is -0.570. The quantitative estimate of drug-likeness (QED) is 0.693. The van der Waals surface area contributed by atoms with Gasteiger partial charge in [0, 0.05) is 17.2 Å². The highest BCUT2D eigenvalue weighted by Gasteiger charge is 1.95. The second kappa shape index (κ2) is 8.51. The van der Waals surface area contributed by atoms with Gasteiger partial charge in [-0.1, -0.05) is 39.5 Å². The van der Waals surface area contributed by atoms with Crippen LogP contribution in [-0.4, -0.2) is 11.5 Å². The first kappa shape index (κ1) is 14.5. The number of pyridine rings is 1. The Kier molecular flexibility index (Phi) is 7.25. The number of rotatable bonds is 8. The van der Waals surface area contributed by atoms with Crippen LogP contribution < -0.4 is 5.32 Å². The molecule has 1 heterocycles. The van der Waals surface area contributed by atoms with Gasteiger partial charge in [0.05, 0.1) is 0 Å². The first-order chi connectivity index (χ1) is 8.18. The van der Waals surface area contributed by atoms with Crippen molar-refractivity contribution in [1.82, 2.24) is 4.98 Å². The molecule has 1 N–H and O–H groups in total. The van der Waals surface area contributed by atoms with E-state index >= 15 is 0 Å². The largest absolute Gasteiger partial charge is 0.370 e. The van der Waals surface area contributed by atoms with Crippen LogP contribution >= 0.6 is 15.9 Å². The number of hydrogen-bond donors (Lipinski definition) is 1. The van der Waals surface area contributed by atoms with Crippen molar-refractivity contribution in [2.24, 2.45) is 5.92 Å². The van der Waals surface area contributed by atoms with Crippen molar-refractivity contribution in [2.45, 2.75) is 46.0 Å². The van der Waals surface area contributed by atoms with Crippen molar-refractivity contribution >= 4 is 21.7 Å². The van der Waals surface area contributed by atoms with E-state index in [9.17, 15) is 0 Å². The number of hydrogen-bond acceptors (Lipinski definition) is 2. The Morgan fingerprint density at radius 2 is 1.94 bits per heavy atom. The second-order valence-electron chi connectivity index (χ2n) is 4.89. The summed E-state index contributed by atoms with van der Waals surface area (Å²) in [6.45, 7) is 5.61. The van der Waals surface area contributed by atoms with Gasteiger partial charge < -0.3 is 5.32 Å². The Labute approximate surface area is 113 Å². The zero-order valence-electron chi connectivity index (χ0n) is 10.9. The molecule has 2 nitrogen and oxygen atoms in total. The molecule has 0 aliphatic rings. The molecule has 0 aliphatic carbocycles. The van der Waals surface area contributed by atoms with Gasteiger partial charge in [-0.05, 0) is 40.4 Å². The highest BCUT2D eigenvalue weighted by Crippen LogP contribution is 2.11. The molecule has 0 atom stereocenters. The van der Waals surface area contributed by atoms with E-state index in [0.717, 1.165) is 22.8 Å². The zero-order chi connectivity index (χ0) is 12.5. The van der Waals surface area contributed by atoms with Crippen molar-refractivity contribution < 1.29 is 0 Å². The van der Waals surface area contributed by atoms with Crippen molar-refractivity contribution in [3.63, 3.8) is 0 Å². The average molecular weight is 299 g/mol. The Balaban J connectivity index is 1.99. The normalized spacial score (nSPS) is 10.8. The molecule has 0 saturated carbocycles. The number of anilines is 1. The van der Waals surface area contributed by atoms with Crippen LogP contribution in [0.1, 0.15) is 46.0 Å². The van der Waals surface area contributed by atoms with E-state index in [2.05, 4.69) is 40.1 Å². The Bertz CT molecular complexity index is 296. The predicted molar refractivity (Wildman–Crippen MR) is 78.3 cm³/mol. The molecule has 17 heavy (non-hydrogen) atoms. The molecule has 3 heteroatoms. The lowest BCUT2D eigenvalue weighted by molar-refractivity contribution is 0.523. The molecular weight excluding hydrogens is 276 g/mol. The molecule has 0 aromatic carbocycles. The summed E-state index contributed by atoms with van der Waals surface area (Å²) in [6.07, 6.45) is 8.46. The van der Waals surface area contributed by atoms with Crippen LogP contribution in [0, 0.1) is 5.92 Å². The minimum absolute atomic E-state index is 0.847. The smallest absolute Gasteiger partial charge is 0.125 e. The maximum Gasteiger partial charge on any atom is 0.125 e. The molecular formula is C14H23BrN2. The van der Waals surface area contributed by atoms with Crippen LogP contribution in [0.25, 0.3) is 0 Å². The zero-order valence-corrected chi connectivity index (χ0v) is 12.5. The number of unbranched alkanes of at least 4 members (excludes halogenated alkanes) is 3. The third-order valence-corrected chi connectivity index (χ3v) is 3.21. The molecule has 0 bridgehead atoms. The summed E-state index contributed by atoms with van der Waals surface area (Å²) in [4.78, 5) is 4.28. The van der Waals surface area contributed by atoms with Gasteiger partial charge in [-0.2, -0.15) is 0 Å². The van der Waals surface area contributed by atoms with Crippen LogP contribution in [0.5, 0.6) is 0 Å².